The monoisotopic (exact) mass is 238 g/mol. The number of hydrogen-bond acceptors (Lipinski definition) is 3. The first-order valence-electron chi connectivity index (χ1n) is 6.37. The quantitative estimate of drug-likeness (QED) is 0.684. The lowest BCUT2D eigenvalue weighted by molar-refractivity contribution is 0.405. The number of nitrogens with one attached hydrogen (secondary N) is 1. The van der Waals surface area contributed by atoms with Gasteiger partial charge in [-0.1, -0.05) is 24.6 Å². The molecule has 0 spiro atoms. The van der Waals surface area contributed by atoms with Crippen molar-refractivity contribution >= 4 is 27.8 Å². The minimum absolute atomic E-state index is 0.519. The largest absolute Gasteiger partial charge is 0.382 e. The zero-order valence-electron chi connectivity index (χ0n) is 9.98. The van der Waals surface area contributed by atoms with E-state index in [4.69, 9.17) is 5.73 Å². The molecule has 4 nitrogen and oxygen atoms in total. The maximum Gasteiger partial charge on any atom is 0.152 e. The van der Waals surface area contributed by atoms with Gasteiger partial charge >= 0.3 is 0 Å². The number of hydrogen-bond donors (Lipinski definition) is 2. The number of nitrogens with two attached hydrogens (primary N) is 1. The zero-order valence-corrected chi connectivity index (χ0v) is 9.98. The van der Waals surface area contributed by atoms with Crippen LogP contribution in [0.15, 0.2) is 24.3 Å². The van der Waals surface area contributed by atoms with Crippen LogP contribution in [0.2, 0.25) is 0 Å². The van der Waals surface area contributed by atoms with Crippen LogP contribution >= 0.6 is 0 Å². The minimum atomic E-state index is 0.519. The lowest BCUT2D eigenvalue weighted by Crippen LogP contribution is -2.10. The second-order valence-electron chi connectivity index (χ2n) is 4.99. The summed E-state index contributed by atoms with van der Waals surface area (Å²) in [5, 5.41) is 1.10. The van der Waals surface area contributed by atoms with Crippen LogP contribution in [0.4, 0.5) is 5.82 Å². The maximum absolute atomic E-state index is 6.00. The third-order valence-corrected chi connectivity index (χ3v) is 3.87. The van der Waals surface area contributed by atoms with Gasteiger partial charge in [0.05, 0.1) is 11.0 Å². The minimum Gasteiger partial charge on any atom is -0.382 e. The molecule has 1 fully saturated rings. The molecule has 0 amide bonds. The summed E-state index contributed by atoms with van der Waals surface area (Å²) in [6.45, 7) is 0. The Labute approximate surface area is 104 Å². The normalized spacial score (nSPS) is 16.2. The van der Waals surface area contributed by atoms with Gasteiger partial charge in [0.15, 0.2) is 5.82 Å². The van der Waals surface area contributed by atoms with Crippen molar-refractivity contribution in [3.05, 3.63) is 30.1 Å². The molecule has 3 N–H and O–H groups in total. The first-order valence-corrected chi connectivity index (χ1v) is 6.37. The highest BCUT2D eigenvalue weighted by atomic mass is 15.0. The Morgan fingerprint density at radius 2 is 2.00 bits per heavy atom. The van der Waals surface area contributed by atoms with Crippen molar-refractivity contribution in [2.75, 3.05) is 5.73 Å². The highest BCUT2D eigenvalue weighted by molar-refractivity contribution is 6.06. The van der Waals surface area contributed by atoms with Crippen molar-refractivity contribution in [1.82, 2.24) is 15.0 Å². The predicted molar refractivity (Wildman–Crippen MR) is 72.4 cm³/mol. The molecule has 1 aliphatic carbocycles. The fraction of sp³-hybridized carbons (Fsp3) is 0.286. The van der Waals surface area contributed by atoms with Gasteiger partial charge in [-0.15, -0.1) is 0 Å². The number of aromatic amines is 1. The molecule has 90 valence electrons. The van der Waals surface area contributed by atoms with E-state index in [-0.39, 0.29) is 0 Å². The van der Waals surface area contributed by atoms with Gasteiger partial charge in [0.25, 0.3) is 0 Å². The van der Waals surface area contributed by atoms with Crippen molar-refractivity contribution in [2.24, 2.45) is 0 Å². The van der Waals surface area contributed by atoms with E-state index in [1.807, 2.05) is 18.2 Å². The molecule has 3 aromatic rings. The van der Waals surface area contributed by atoms with Crippen molar-refractivity contribution in [3.8, 4) is 0 Å². The predicted octanol–water partition coefficient (Wildman–Crippen LogP) is 2.96. The van der Waals surface area contributed by atoms with E-state index >= 15 is 0 Å². The van der Waals surface area contributed by atoms with E-state index in [1.165, 1.54) is 19.3 Å². The summed E-state index contributed by atoms with van der Waals surface area (Å²) in [7, 11) is 0. The summed E-state index contributed by atoms with van der Waals surface area (Å²) in [5.74, 6) is 2.17. The fourth-order valence-corrected chi connectivity index (χ4v) is 2.61. The number of nitrogen functional groups attached to an aromatic ring is 1. The van der Waals surface area contributed by atoms with Gasteiger partial charge in [-0.25, -0.2) is 9.97 Å². The van der Waals surface area contributed by atoms with Crippen molar-refractivity contribution < 1.29 is 0 Å². The van der Waals surface area contributed by atoms with E-state index in [0.717, 1.165) is 27.8 Å². The number of para-hydroxylation sites is 1. The molecule has 0 atom stereocenters. The first-order chi connectivity index (χ1) is 8.83. The van der Waals surface area contributed by atoms with E-state index < -0.39 is 0 Å². The number of pyridine rings is 1. The lowest BCUT2D eigenvalue weighted by Gasteiger charge is -2.22. The van der Waals surface area contributed by atoms with Crippen molar-refractivity contribution in [2.45, 2.75) is 25.2 Å². The molecule has 2 aromatic heterocycles. The molecule has 0 unspecified atom stereocenters. The lowest BCUT2D eigenvalue weighted by atomic mass is 9.85. The average Bonchev–Trinajstić information content (AvgIpc) is 2.72. The van der Waals surface area contributed by atoms with Gasteiger partial charge in [-0.05, 0) is 18.9 Å². The van der Waals surface area contributed by atoms with E-state index in [0.29, 0.717) is 11.7 Å². The Morgan fingerprint density at radius 3 is 2.78 bits per heavy atom. The van der Waals surface area contributed by atoms with Gasteiger partial charge < -0.3 is 10.7 Å². The smallest absolute Gasteiger partial charge is 0.152 e. The molecule has 0 bridgehead atoms. The number of nitrogens with zero attached hydrogens (tertiary/aromatic N) is 2. The van der Waals surface area contributed by atoms with Crippen LogP contribution < -0.4 is 5.73 Å². The van der Waals surface area contributed by atoms with Crippen LogP contribution in [-0.4, -0.2) is 15.0 Å². The molecule has 18 heavy (non-hydrogen) atoms. The van der Waals surface area contributed by atoms with E-state index in [9.17, 15) is 0 Å². The molecular weight excluding hydrogens is 224 g/mol. The topological polar surface area (TPSA) is 67.6 Å². The Bertz CT molecular complexity index is 740. The number of fused-ring (bicyclic) bond motifs is 3. The number of imidazole rings is 1. The molecule has 4 heteroatoms. The number of aromatic nitrogens is 3. The molecule has 2 heterocycles. The molecule has 1 aliphatic rings. The summed E-state index contributed by atoms with van der Waals surface area (Å²) in [4.78, 5) is 12.5. The first kappa shape index (κ1) is 9.88. The Balaban J connectivity index is 2.06. The molecule has 1 saturated carbocycles. The maximum atomic E-state index is 6.00. The summed E-state index contributed by atoms with van der Waals surface area (Å²) >= 11 is 0. The second-order valence-corrected chi connectivity index (χ2v) is 4.99. The third-order valence-electron chi connectivity index (χ3n) is 3.87. The van der Waals surface area contributed by atoms with Crippen LogP contribution in [0.25, 0.3) is 21.9 Å². The highest BCUT2D eigenvalue weighted by Gasteiger charge is 2.23. The molecule has 1 aromatic carbocycles. The molecule has 0 saturated heterocycles. The van der Waals surface area contributed by atoms with Gasteiger partial charge in [0.1, 0.15) is 11.3 Å². The number of rotatable bonds is 1. The molecule has 4 rings (SSSR count). The summed E-state index contributed by atoms with van der Waals surface area (Å²) < 4.78 is 0. The standard InChI is InChI=1S/C14H14N4/c15-13-12-11(9-6-1-2-7-10(9)16-13)17-14(18-12)8-4-3-5-8/h1-2,6-8H,3-5H2,(H2,15,16)(H,17,18). The van der Waals surface area contributed by atoms with Crippen LogP contribution in [0.3, 0.4) is 0 Å². The number of anilines is 1. The molecule has 0 radical (unpaired) electrons. The van der Waals surface area contributed by atoms with Gasteiger partial charge in [-0.2, -0.15) is 0 Å². The molecular formula is C14H14N4. The van der Waals surface area contributed by atoms with Crippen LogP contribution in [0, 0.1) is 0 Å². The summed E-state index contributed by atoms with van der Waals surface area (Å²) in [6, 6.07) is 8.04. The zero-order chi connectivity index (χ0) is 12.1. The number of benzene rings is 1. The summed E-state index contributed by atoms with van der Waals surface area (Å²) in [5.41, 5.74) is 8.77. The van der Waals surface area contributed by atoms with Crippen LogP contribution in [-0.2, 0) is 0 Å². The van der Waals surface area contributed by atoms with Crippen LogP contribution in [0.5, 0.6) is 0 Å². The fourth-order valence-electron chi connectivity index (χ4n) is 2.61. The average molecular weight is 238 g/mol. The van der Waals surface area contributed by atoms with Gasteiger partial charge in [0.2, 0.25) is 0 Å². The van der Waals surface area contributed by atoms with Gasteiger partial charge in [0, 0.05) is 11.3 Å². The third kappa shape index (κ3) is 1.26. The SMILES string of the molecule is Nc1nc2ccccc2c2[nH]c(C3CCC3)nc12. The van der Waals surface area contributed by atoms with E-state index in [1.54, 1.807) is 0 Å². The van der Waals surface area contributed by atoms with Gasteiger partial charge in [-0.3, -0.25) is 0 Å². The van der Waals surface area contributed by atoms with E-state index in [2.05, 4.69) is 21.0 Å². The highest BCUT2D eigenvalue weighted by Crippen LogP contribution is 2.37. The van der Waals surface area contributed by atoms with Crippen molar-refractivity contribution in [1.29, 1.82) is 0 Å². The van der Waals surface area contributed by atoms with Crippen molar-refractivity contribution in [3.63, 3.8) is 0 Å². The Kier molecular flexibility index (Phi) is 1.89. The van der Waals surface area contributed by atoms with Crippen LogP contribution in [0.1, 0.15) is 31.0 Å². The Morgan fingerprint density at radius 1 is 1.17 bits per heavy atom. The Hall–Kier alpha value is -2.10. The molecule has 0 aliphatic heterocycles. The number of H-pyrrole nitrogens is 1. The summed E-state index contributed by atoms with van der Waals surface area (Å²) in [6.07, 6.45) is 3.76. The second kappa shape index (κ2) is 3.45.